The van der Waals surface area contributed by atoms with Crippen molar-refractivity contribution in [2.24, 2.45) is 0 Å². The van der Waals surface area contributed by atoms with Crippen LogP contribution in [0.1, 0.15) is 66.1 Å². The minimum atomic E-state index is -2.41. The average Bonchev–Trinajstić information content (AvgIpc) is 2.43. The molecule has 0 spiro atoms. The van der Waals surface area contributed by atoms with Crippen LogP contribution in [0.5, 0.6) is 11.5 Å². The van der Waals surface area contributed by atoms with Crippen molar-refractivity contribution in [1.29, 1.82) is 0 Å². The Balaban J connectivity index is 3.15. The van der Waals surface area contributed by atoms with Gasteiger partial charge in [0.2, 0.25) is 0 Å². The number of carboxylic acids is 1. The predicted molar refractivity (Wildman–Crippen MR) is 92.2 cm³/mol. The molecule has 0 unspecified atom stereocenters. The highest BCUT2D eigenvalue weighted by Gasteiger charge is 2.20. The minimum Gasteiger partial charge on any atom is -0.508 e. The quantitative estimate of drug-likeness (QED) is 0.642. The van der Waals surface area contributed by atoms with Gasteiger partial charge in [0.05, 0.1) is 0 Å². The Morgan fingerprint density at radius 3 is 2.52 bits per heavy atom. The van der Waals surface area contributed by atoms with E-state index in [4.69, 9.17) is 4.11 Å². The van der Waals surface area contributed by atoms with Gasteiger partial charge in [0.25, 0.3) is 0 Å². The first-order chi connectivity index (χ1) is 11.9. The summed E-state index contributed by atoms with van der Waals surface area (Å²) in [5, 5.41) is 29.8. The summed E-state index contributed by atoms with van der Waals surface area (Å²) < 4.78 is 21.9. The van der Waals surface area contributed by atoms with Crippen LogP contribution < -0.4 is 0 Å². The van der Waals surface area contributed by atoms with Gasteiger partial charge < -0.3 is 15.3 Å². The van der Waals surface area contributed by atoms with E-state index in [1.165, 1.54) is 5.57 Å². The number of aromatic hydroxyl groups is 2. The standard InChI is InChI=1S/C19H26O4/c1-5-14-11-16(20)15(18(21)17(14)19(22)23)10-9-13(4)8-6-7-12(2)3/h7,9,11,20-21H,5-6,8,10H2,1-4H3,(H,22,23)/b13-9+/i1D3. The predicted octanol–water partition coefficient (Wildman–Crippen LogP) is 4.59. The molecule has 1 rings (SSSR count). The van der Waals surface area contributed by atoms with Crippen LogP contribution in [0.3, 0.4) is 0 Å². The third kappa shape index (κ3) is 5.16. The van der Waals surface area contributed by atoms with Gasteiger partial charge in [-0.2, -0.15) is 0 Å². The number of hydrogen-bond acceptors (Lipinski definition) is 3. The number of phenols is 2. The Morgan fingerprint density at radius 2 is 1.96 bits per heavy atom. The number of aryl methyl sites for hydroxylation is 1. The zero-order chi connectivity index (χ0) is 20.1. The Bertz CT molecular complexity index is 727. The number of phenolic OH excluding ortho intramolecular Hbond substituents is 1. The molecule has 0 aliphatic heterocycles. The van der Waals surface area contributed by atoms with Crippen LogP contribution in [0.25, 0.3) is 0 Å². The summed E-state index contributed by atoms with van der Waals surface area (Å²) in [6.07, 6.45) is 5.23. The summed E-state index contributed by atoms with van der Waals surface area (Å²) in [6, 6.07) is 1.12. The highest BCUT2D eigenvalue weighted by Crippen LogP contribution is 2.35. The Morgan fingerprint density at radius 1 is 1.26 bits per heavy atom. The first kappa shape index (κ1) is 14.4. The van der Waals surface area contributed by atoms with Gasteiger partial charge in [0, 0.05) is 9.68 Å². The van der Waals surface area contributed by atoms with Gasteiger partial charge in [-0.25, -0.2) is 4.79 Å². The molecule has 0 amide bonds. The zero-order valence-electron chi connectivity index (χ0n) is 16.8. The third-order valence-electron chi connectivity index (χ3n) is 3.61. The van der Waals surface area contributed by atoms with Crippen molar-refractivity contribution in [2.45, 2.75) is 53.3 Å². The highest BCUT2D eigenvalue weighted by atomic mass is 16.4. The molecule has 0 fully saturated rings. The molecule has 3 N–H and O–H groups in total. The van der Waals surface area contributed by atoms with E-state index in [-0.39, 0.29) is 23.3 Å². The summed E-state index contributed by atoms with van der Waals surface area (Å²) in [5.74, 6) is -2.31. The maximum Gasteiger partial charge on any atom is 0.339 e. The summed E-state index contributed by atoms with van der Waals surface area (Å²) in [5.41, 5.74) is 1.78. The third-order valence-corrected chi connectivity index (χ3v) is 3.61. The van der Waals surface area contributed by atoms with Gasteiger partial charge in [-0.05, 0) is 58.1 Å². The van der Waals surface area contributed by atoms with E-state index in [1.807, 2.05) is 26.8 Å². The SMILES string of the molecule is [2H]C([2H])([2H])Cc1cc(O)c(C/C=C(\C)CCC=C(C)C)c(O)c1C(=O)O. The Labute approximate surface area is 142 Å². The van der Waals surface area contributed by atoms with Crippen LogP contribution in [0.15, 0.2) is 29.4 Å². The van der Waals surface area contributed by atoms with E-state index in [9.17, 15) is 20.1 Å². The Hall–Kier alpha value is -2.23. The van der Waals surface area contributed by atoms with Crippen molar-refractivity contribution in [3.63, 3.8) is 0 Å². The molecule has 1 aromatic rings. The summed E-state index contributed by atoms with van der Waals surface area (Å²) in [4.78, 5) is 11.5. The van der Waals surface area contributed by atoms with Crippen molar-refractivity contribution >= 4 is 5.97 Å². The molecule has 0 aromatic heterocycles. The van der Waals surface area contributed by atoms with Crippen molar-refractivity contribution in [3.8, 4) is 11.5 Å². The fraction of sp³-hybridized carbons (Fsp3) is 0.421. The van der Waals surface area contributed by atoms with Crippen molar-refractivity contribution in [2.75, 3.05) is 0 Å². The van der Waals surface area contributed by atoms with Gasteiger partial charge in [-0.1, -0.05) is 30.2 Å². The number of benzene rings is 1. The van der Waals surface area contributed by atoms with Crippen LogP contribution in [0, 0.1) is 0 Å². The smallest absolute Gasteiger partial charge is 0.339 e. The second-order valence-electron chi connectivity index (χ2n) is 5.81. The number of carboxylic acid groups (broad SMARTS) is 1. The lowest BCUT2D eigenvalue weighted by Gasteiger charge is -2.12. The van der Waals surface area contributed by atoms with Crippen molar-refractivity contribution < 1.29 is 24.2 Å². The second-order valence-corrected chi connectivity index (χ2v) is 5.81. The maximum atomic E-state index is 11.5. The number of allylic oxidation sites excluding steroid dienone is 4. The highest BCUT2D eigenvalue weighted by molar-refractivity contribution is 5.93. The lowest BCUT2D eigenvalue weighted by atomic mass is 9.96. The lowest BCUT2D eigenvalue weighted by molar-refractivity contribution is 0.0692. The van der Waals surface area contributed by atoms with Gasteiger partial charge in [-0.3, -0.25) is 0 Å². The van der Waals surface area contributed by atoms with E-state index in [0.29, 0.717) is 0 Å². The fourth-order valence-corrected chi connectivity index (χ4v) is 2.29. The maximum absolute atomic E-state index is 11.5. The van der Waals surface area contributed by atoms with Gasteiger partial charge in [0.1, 0.15) is 17.1 Å². The van der Waals surface area contributed by atoms with Crippen LogP contribution in [0.2, 0.25) is 0 Å². The molecular weight excluding hydrogens is 292 g/mol. The molecule has 0 aliphatic carbocycles. The molecule has 4 nitrogen and oxygen atoms in total. The number of aromatic carboxylic acids is 1. The zero-order valence-corrected chi connectivity index (χ0v) is 13.8. The molecule has 4 heteroatoms. The monoisotopic (exact) mass is 321 g/mol. The molecule has 126 valence electrons. The van der Waals surface area contributed by atoms with Crippen molar-refractivity contribution in [1.82, 2.24) is 0 Å². The summed E-state index contributed by atoms with van der Waals surface area (Å²) >= 11 is 0. The second kappa shape index (κ2) is 8.42. The molecule has 0 aliphatic rings. The number of carbonyl (C=O) groups is 1. The van der Waals surface area contributed by atoms with E-state index >= 15 is 0 Å². The molecular formula is C19H26O4. The average molecular weight is 321 g/mol. The van der Waals surface area contributed by atoms with Crippen LogP contribution in [-0.4, -0.2) is 21.3 Å². The molecule has 23 heavy (non-hydrogen) atoms. The molecule has 0 radical (unpaired) electrons. The molecule has 0 heterocycles. The van der Waals surface area contributed by atoms with Crippen LogP contribution in [0.4, 0.5) is 0 Å². The number of hydrogen-bond donors (Lipinski definition) is 3. The van der Waals surface area contributed by atoms with Gasteiger partial charge >= 0.3 is 5.97 Å². The molecule has 1 aromatic carbocycles. The lowest BCUT2D eigenvalue weighted by Crippen LogP contribution is -2.04. The number of rotatable bonds is 7. The first-order valence-corrected chi connectivity index (χ1v) is 7.51. The molecule has 0 saturated carbocycles. The van der Waals surface area contributed by atoms with Crippen LogP contribution in [-0.2, 0) is 12.8 Å². The molecule has 0 atom stereocenters. The molecule has 0 bridgehead atoms. The normalized spacial score (nSPS) is 13.9. The van der Waals surface area contributed by atoms with Gasteiger partial charge in [-0.15, -0.1) is 0 Å². The molecule has 0 saturated heterocycles. The van der Waals surface area contributed by atoms with Crippen molar-refractivity contribution in [3.05, 3.63) is 46.1 Å². The first-order valence-electron chi connectivity index (χ1n) is 9.01. The minimum absolute atomic E-state index is 0.0817. The van der Waals surface area contributed by atoms with E-state index in [0.717, 1.165) is 24.5 Å². The summed E-state index contributed by atoms with van der Waals surface area (Å²) in [6.45, 7) is 3.55. The summed E-state index contributed by atoms with van der Waals surface area (Å²) in [7, 11) is 0. The van der Waals surface area contributed by atoms with E-state index < -0.39 is 30.6 Å². The largest absolute Gasteiger partial charge is 0.508 e. The van der Waals surface area contributed by atoms with Crippen LogP contribution >= 0.6 is 0 Å². The van der Waals surface area contributed by atoms with E-state index in [1.54, 1.807) is 0 Å². The van der Waals surface area contributed by atoms with Gasteiger partial charge in [0.15, 0.2) is 0 Å². The Kier molecular flexibility index (Phi) is 5.26. The topological polar surface area (TPSA) is 77.8 Å². The van der Waals surface area contributed by atoms with E-state index in [2.05, 4.69) is 6.08 Å². The fourth-order valence-electron chi connectivity index (χ4n) is 2.29.